The number of rotatable bonds is 10. The van der Waals surface area contributed by atoms with Crippen molar-refractivity contribution in [2.75, 3.05) is 38.5 Å². The SMILES string of the molecule is COc1ccc(-n2nc(-c3ccccc3)c3c2N(CC(=O)NCc2ccncc2)C(=O)CS[C@@H]3c2ccc(OC)c(OC)c2)cc1. The molecule has 3 aromatic carbocycles. The number of nitrogens with one attached hydrogen (secondary N) is 1. The Balaban J connectivity index is 1.53. The molecular weight excluding hydrogens is 602 g/mol. The summed E-state index contributed by atoms with van der Waals surface area (Å²) in [6, 6.07) is 26.8. The van der Waals surface area contributed by atoms with Crippen molar-refractivity contribution < 1.29 is 23.8 Å². The van der Waals surface area contributed by atoms with E-state index in [1.807, 2.05) is 84.9 Å². The summed E-state index contributed by atoms with van der Waals surface area (Å²) in [6.07, 6.45) is 3.35. The van der Waals surface area contributed by atoms with Crippen LogP contribution >= 0.6 is 11.8 Å². The van der Waals surface area contributed by atoms with Crippen molar-refractivity contribution in [2.45, 2.75) is 11.8 Å². The standard InChI is InChI=1S/C35H33N5O5S/c1-43-27-12-10-26(11-13-27)40-35-32(33(38-40)24-7-5-4-6-8-24)34(25-9-14-28(44-2)29(19-25)45-3)46-22-31(42)39(35)21-30(41)37-20-23-15-17-36-18-16-23/h4-19,34H,20-22H2,1-3H3,(H,37,41)/t34-/m1/s1. The number of ether oxygens (including phenoxy) is 3. The fourth-order valence-electron chi connectivity index (χ4n) is 5.41. The molecule has 0 saturated carbocycles. The van der Waals surface area contributed by atoms with Crippen LogP contribution in [0.1, 0.15) is 21.9 Å². The Morgan fingerprint density at radius 1 is 0.913 bits per heavy atom. The fraction of sp³-hybridized carbons (Fsp3) is 0.200. The second-order valence-corrected chi connectivity index (χ2v) is 11.6. The molecule has 46 heavy (non-hydrogen) atoms. The summed E-state index contributed by atoms with van der Waals surface area (Å²) in [5, 5.41) is 7.77. The van der Waals surface area contributed by atoms with Gasteiger partial charge in [0.05, 0.1) is 43.7 Å². The summed E-state index contributed by atoms with van der Waals surface area (Å²) in [5.74, 6) is 2.03. The lowest BCUT2D eigenvalue weighted by molar-refractivity contribution is -0.123. The van der Waals surface area contributed by atoms with Gasteiger partial charge < -0.3 is 19.5 Å². The highest BCUT2D eigenvalue weighted by molar-refractivity contribution is 8.00. The van der Waals surface area contributed by atoms with E-state index in [2.05, 4.69) is 10.3 Å². The van der Waals surface area contributed by atoms with Crippen LogP contribution in [0.3, 0.4) is 0 Å². The first-order valence-corrected chi connectivity index (χ1v) is 15.7. The summed E-state index contributed by atoms with van der Waals surface area (Å²) >= 11 is 1.49. The molecule has 0 unspecified atom stereocenters. The Hall–Kier alpha value is -5.29. The number of carbonyl (C=O) groups excluding carboxylic acids is 2. The lowest BCUT2D eigenvalue weighted by Gasteiger charge is -2.23. The van der Waals surface area contributed by atoms with Gasteiger partial charge in [-0.25, -0.2) is 4.68 Å². The molecule has 2 amide bonds. The molecular formula is C35H33N5O5S. The number of amides is 2. The summed E-state index contributed by atoms with van der Waals surface area (Å²) in [4.78, 5) is 33.1. The molecule has 0 aliphatic carbocycles. The van der Waals surface area contributed by atoms with E-state index in [-0.39, 0.29) is 29.4 Å². The summed E-state index contributed by atoms with van der Waals surface area (Å²) < 4.78 is 18.3. The van der Waals surface area contributed by atoms with Crippen molar-refractivity contribution in [2.24, 2.45) is 0 Å². The van der Waals surface area contributed by atoms with Gasteiger partial charge in [0.15, 0.2) is 11.5 Å². The van der Waals surface area contributed by atoms with Crippen molar-refractivity contribution >= 4 is 29.4 Å². The van der Waals surface area contributed by atoms with Gasteiger partial charge in [-0.05, 0) is 59.7 Å². The zero-order chi connectivity index (χ0) is 32.0. The smallest absolute Gasteiger partial charge is 0.240 e. The van der Waals surface area contributed by atoms with Gasteiger partial charge in [0, 0.05) is 30.1 Å². The summed E-state index contributed by atoms with van der Waals surface area (Å²) in [6.45, 7) is 0.123. The van der Waals surface area contributed by atoms with Crippen LogP contribution in [0.2, 0.25) is 0 Å². The third-order valence-electron chi connectivity index (χ3n) is 7.70. The van der Waals surface area contributed by atoms with Gasteiger partial charge in [-0.2, -0.15) is 5.10 Å². The highest BCUT2D eigenvalue weighted by Crippen LogP contribution is 2.49. The van der Waals surface area contributed by atoms with Crippen molar-refractivity contribution in [3.8, 4) is 34.2 Å². The summed E-state index contributed by atoms with van der Waals surface area (Å²) in [7, 11) is 4.80. The number of aromatic nitrogens is 3. The van der Waals surface area contributed by atoms with Crippen LogP contribution in [0.5, 0.6) is 17.2 Å². The van der Waals surface area contributed by atoms with Gasteiger partial charge in [0.2, 0.25) is 11.8 Å². The minimum atomic E-state index is -0.328. The normalized spacial score (nSPS) is 14.3. The Morgan fingerprint density at radius 3 is 2.35 bits per heavy atom. The molecule has 6 rings (SSSR count). The largest absolute Gasteiger partial charge is 0.497 e. The van der Waals surface area contributed by atoms with Gasteiger partial charge in [0.25, 0.3) is 0 Å². The predicted octanol–water partition coefficient (Wildman–Crippen LogP) is 5.45. The van der Waals surface area contributed by atoms with E-state index in [0.29, 0.717) is 41.0 Å². The summed E-state index contributed by atoms with van der Waals surface area (Å²) in [5.41, 5.74) is 4.93. The van der Waals surface area contributed by atoms with E-state index in [4.69, 9.17) is 19.3 Å². The predicted molar refractivity (Wildman–Crippen MR) is 178 cm³/mol. The number of carbonyl (C=O) groups is 2. The van der Waals surface area contributed by atoms with Crippen LogP contribution in [0.15, 0.2) is 97.3 Å². The molecule has 3 heterocycles. The molecule has 1 aliphatic rings. The first kappa shape index (κ1) is 30.7. The lowest BCUT2D eigenvalue weighted by atomic mass is 9.99. The number of fused-ring (bicyclic) bond motifs is 1. The highest BCUT2D eigenvalue weighted by atomic mass is 32.2. The molecule has 0 fully saturated rings. The van der Waals surface area contributed by atoms with E-state index in [9.17, 15) is 9.59 Å². The highest BCUT2D eigenvalue weighted by Gasteiger charge is 2.38. The Morgan fingerprint density at radius 2 is 1.65 bits per heavy atom. The van der Waals surface area contributed by atoms with Crippen LogP contribution < -0.4 is 24.4 Å². The maximum atomic E-state index is 14.0. The number of hydrogen-bond acceptors (Lipinski definition) is 8. The van der Waals surface area contributed by atoms with Gasteiger partial charge in [-0.1, -0.05) is 36.4 Å². The van der Waals surface area contributed by atoms with Crippen molar-refractivity contribution in [1.29, 1.82) is 0 Å². The second kappa shape index (κ2) is 13.8. The van der Waals surface area contributed by atoms with E-state index < -0.39 is 0 Å². The minimum absolute atomic E-state index is 0.141. The number of thioether (sulfide) groups is 1. The maximum absolute atomic E-state index is 14.0. The Kier molecular flexibility index (Phi) is 9.20. The zero-order valence-electron chi connectivity index (χ0n) is 25.7. The van der Waals surface area contributed by atoms with Gasteiger partial charge in [0.1, 0.15) is 18.1 Å². The molecule has 0 saturated heterocycles. The fourth-order valence-corrected chi connectivity index (χ4v) is 6.60. The quantitative estimate of drug-likeness (QED) is 0.216. The van der Waals surface area contributed by atoms with Gasteiger partial charge >= 0.3 is 0 Å². The molecule has 0 spiro atoms. The molecule has 10 nitrogen and oxygen atoms in total. The first-order valence-electron chi connectivity index (χ1n) is 14.6. The van der Waals surface area contributed by atoms with Gasteiger partial charge in [-0.15, -0.1) is 11.8 Å². The van der Waals surface area contributed by atoms with E-state index in [1.165, 1.54) is 11.8 Å². The average Bonchev–Trinajstić information content (AvgIpc) is 3.44. The molecule has 1 atom stereocenters. The van der Waals surface area contributed by atoms with E-state index in [1.54, 1.807) is 43.3 Å². The number of hydrogen-bond donors (Lipinski definition) is 1. The molecule has 1 aliphatic heterocycles. The Labute approximate surface area is 271 Å². The number of methoxy groups -OCH3 is 3. The van der Waals surface area contributed by atoms with Crippen molar-refractivity contribution in [1.82, 2.24) is 20.1 Å². The third-order valence-corrected chi connectivity index (χ3v) is 8.96. The molecule has 234 valence electrons. The van der Waals surface area contributed by atoms with Crippen LogP contribution in [0, 0.1) is 0 Å². The molecule has 2 aromatic heterocycles. The second-order valence-electron chi connectivity index (χ2n) is 10.5. The van der Waals surface area contributed by atoms with Crippen LogP contribution in [0.4, 0.5) is 5.82 Å². The number of pyridine rings is 1. The van der Waals surface area contributed by atoms with Crippen LogP contribution in [-0.4, -0.2) is 60.2 Å². The molecule has 0 radical (unpaired) electrons. The molecule has 1 N–H and O–H groups in total. The zero-order valence-corrected chi connectivity index (χ0v) is 26.5. The molecule has 5 aromatic rings. The van der Waals surface area contributed by atoms with Gasteiger partial charge in [-0.3, -0.25) is 19.5 Å². The first-order chi connectivity index (χ1) is 22.5. The number of anilines is 1. The third kappa shape index (κ3) is 6.27. The maximum Gasteiger partial charge on any atom is 0.240 e. The topological polar surface area (TPSA) is 108 Å². The van der Waals surface area contributed by atoms with E-state index >= 15 is 0 Å². The molecule has 11 heteroatoms. The number of benzene rings is 3. The minimum Gasteiger partial charge on any atom is -0.497 e. The van der Waals surface area contributed by atoms with E-state index in [0.717, 1.165) is 22.3 Å². The average molecular weight is 636 g/mol. The lowest BCUT2D eigenvalue weighted by Crippen LogP contribution is -2.42. The van der Waals surface area contributed by atoms with Crippen molar-refractivity contribution in [3.05, 3.63) is 114 Å². The Bertz CT molecular complexity index is 1830. The number of nitrogens with zero attached hydrogens (tertiary/aromatic N) is 4. The van der Waals surface area contributed by atoms with Crippen LogP contribution in [-0.2, 0) is 16.1 Å². The van der Waals surface area contributed by atoms with Crippen molar-refractivity contribution in [3.63, 3.8) is 0 Å². The van der Waals surface area contributed by atoms with Crippen LogP contribution in [0.25, 0.3) is 16.9 Å². The molecule has 0 bridgehead atoms. The monoisotopic (exact) mass is 635 g/mol.